The Morgan fingerprint density at radius 2 is 2.11 bits per heavy atom. The second-order valence-electron chi connectivity index (χ2n) is 3.58. The Kier molecular flexibility index (Phi) is 5.71. The van der Waals surface area contributed by atoms with Gasteiger partial charge in [-0.3, -0.25) is 20.0 Å². The molecule has 1 heterocycles. The maximum Gasteiger partial charge on any atom is 0.271 e. The van der Waals surface area contributed by atoms with Gasteiger partial charge < -0.3 is 5.32 Å². The van der Waals surface area contributed by atoms with Crippen molar-refractivity contribution in [3.05, 3.63) is 23.9 Å². The van der Waals surface area contributed by atoms with Crippen LogP contribution in [0.4, 0.5) is 5.82 Å². The van der Waals surface area contributed by atoms with Crippen molar-refractivity contribution in [3.63, 3.8) is 0 Å². The Morgan fingerprint density at radius 3 is 2.58 bits per heavy atom. The molecule has 8 heteroatoms. The van der Waals surface area contributed by atoms with E-state index in [0.717, 1.165) is 0 Å². The smallest absolute Gasteiger partial charge is 0.271 e. The molecule has 102 valence electrons. The molecule has 0 unspecified atom stereocenters. The third-order valence-corrected chi connectivity index (χ3v) is 3.44. The lowest BCUT2D eigenvalue weighted by Gasteiger charge is -2.19. The number of anilines is 1. The lowest BCUT2D eigenvalue weighted by Crippen LogP contribution is -2.41. The Hall–Kier alpha value is -1.67. The summed E-state index contributed by atoms with van der Waals surface area (Å²) in [6.45, 7) is 1.39. The fourth-order valence-electron chi connectivity index (χ4n) is 1.18. The highest BCUT2D eigenvalue weighted by Gasteiger charge is 2.10. The quantitative estimate of drug-likeness (QED) is 0.632. The third-order valence-electron chi connectivity index (χ3n) is 2.05. The number of thioether (sulfide) groups is 1. The molecule has 1 aromatic rings. The molecule has 1 aromatic heterocycles. The Morgan fingerprint density at radius 1 is 1.42 bits per heavy atom. The zero-order valence-electron chi connectivity index (χ0n) is 10.8. The first kappa shape index (κ1) is 15.4. The van der Waals surface area contributed by atoms with Crippen LogP contribution in [0, 0.1) is 0 Å². The van der Waals surface area contributed by atoms with E-state index in [1.807, 2.05) is 6.26 Å². The van der Waals surface area contributed by atoms with Gasteiger partial charge in [-0.25, -0.2) is 4.98 Å². The van der Waals surface area contributed by atoms with Crippen LogP contribution in [0.25, 0.3) is 0 Å². The Balaban J connectivity index is 2.67. The third kappa shape index (κ3) is 4.84. The van der Waals surface area contributed by atoms with E-state index in [-0.39, 0.29) is 11.8 Å². The predicted molar refractivity (Wildman–Crippen MR) is 79.9 cm³/mol. The molecule has 0 atom stereocenters. The molecule has 0 bridgehead atoms. The summed E-state index contributed by atoms with van der Waals surface area (Å²) >= 11 is 6.38. The van der Waals surface area contributed by atoms with Gasteiger partial charge in [-0.15, -0.1) is 0 Å². The van der Waals surface area contributed by atoms with E-state index in [1.54, 1.807) is 19.2 Å². The van der Waals surface area contributed by atoms with E-state index in [9.17, 15) is 9.59 Å². The van der Waals surface area contributed by atoms with Crippen LogP contribution < -0.4 is 10.7 Å². The molecule has 0 radical (unpaired) electrons. The number of amides is 2. The lowest BCUT2D eigenvalue weighted by atomic mass is 10.2. The first-order valence-corrected chi connectivity index (χ1v) is 6.93. The van der Waals surface area contributed by atoms with Crippen molar-refractivity contribution >= 4 is 45.9 Å². The minimum atomic E-state index is -0.319. The van der Waals surface area contributed by atoms with Gasteiger partial charge in [0, 0.05) is 20.2 Å². The van der Waals surface area contributed by atoms with Gasteiger partial charge in [-0.1, -0.05) is 24.0 Å². The first-order chi connectivity index (χ1) is 8.93. The number of rotatable bonds is 2. The molecule has 0 aliphatic rings. The van der Waals surface area contributed by atoms with E-state index >= 15 is 0 Å². The van der Waals surface area contributed by atoms with Gasteiger partial charge in [0.05, 0.1) is 5.56 Å². The van der Waals surface area contributed by atoms with Crippen LogP contribution in [0.2, 0.25) is 0 Å². The number of carbonyl (C=O) groups is 2. The fourth-order valence-corrected chi connectivity index (χ4v) is 1.55. The molecule has 2 amide bonds. The fraction of sp³-hybridized carbons (Fsp3) is 0.273. The van der Waals surface area contributed by atoms with E-state index in [4.69, 9.17) is 12.2 Å². The van der Waals surface area contributed by atoms with Crippen molar-refractivity contribution in [1.29, 1.82) is 0 Å². The number of carbonyl (C=O) groups excluding carboxylic acids is 2. The maximum atomic E-state index is 11.9. The SMILES string of the molecule is CSC(=S)N(C)NC(=O)c1ccc(NC(C)=O)nc1. The van der Waals surface area contributed by atoms with Crippen LogP contribution in [0.15, 0.2) is 18.3 Å². The maximum absolute atomic E-state index is 11.9. The van der Waals surface area contributed by atoms with Crippen LogP contribution in [0.5, 0.6) is 0 Å². The van der Waals surface area contributed by atoms with Gasteiger partial charge in [0.2, 0.25) is 5.91 Å². The van der Waals surface area contributed by atoms with Crippen LogP contribution in [0.1, 0.15) is 17.3 Å². The predicted octanol–water partition coefficient (Wildman–Crippen LogP) is 1.26. The minimum absolute atomic E-state index is 0.213. The van der Waals surface area contributed by atoms with Crippen LogP contribution in [0.3, 0.4) is 0 Å². The van der Waals surface area contributed by atoms with Crippen molar-refractivity contribution in [2.45, 2.75) is 6.92 Å². The van der Waals surface area contributed by atoms with Gasteiger partial charge >= 0.3 is 0 Å². The van der Waals surface area contributed by atoms with E-state index < -0.39 is 0 Å². The van der Waals surface area contributed by atoms with Gasteiger partial charge in [0.25, 0.3) is 5.91 Å². The normalized spacial score (nSPS) is 9.63. The highest BCUT2D eigenvalue weighted by atomic mass is 32.2. The second-order valence-corrected chi connectivity index (χ2v) is 5.02. The number of nitrogens with one attached hydrogen (secondary N) is 2. The van der Waals surface area contributed by atoms with E-state index in [2.05, 4.69) is 15.7 Å². The Labute approximate surface area is 120 Å². The molecule has 0 fully saturated rings. The van der Waals surface area contributed by atoms with Gasteiger partial charge in [0.1, 0.15) is 5.82 Å². The van der Waals surface area contributed by atoms with Crippen molar-refractivity contribution in [3.8, 4) is 0 Å². The van der Waals surface area contributed by atoms with E-state index in [1.165, 1.54) is 29.9 Å². The summed E-state index contributed by atoms with van der Waals surface area (Å²) in [7, 11) is 1.66. The minimum Gasteiger partial charge on any atom is -0.311 e. The molecule has 19 heavy (non-hydrogen) atoms. The average Bonchev–Trinajstić information content (AvgIpc) is 2.37. The highest BCUT2D eigenvalue weighted by molar-refractivity contribution is 8.22. The van der Waals surface area contributed by atoms with Crippen molar-refractivity contribution in [2.75, 3.05) is 18.6 Å². The van der Waals surface area contributed by atoms with Crippen LogP contribution in [-0.4, -0.2) is 39.4 Å². The Bertz CT molecular complexity index is 490. The number of hydrogen-bond acceptors (Lipinski definition) is 5. The summed E-state index contributed by atoms with van der Waals surface area (Å²) in [6.07, 6.45) is 3.21. The van der Waals surface area contributed by atoms with Gasteiger partial charge in [-0.05, 0) is 18.4 Å². The molecule has 0 aliphatic carbocycles. The highest BCUT2D eigenvalue weighted by Crippen LogP contribution is 2.06. The van der Waals surface area contributed by atoms with Crippen molar-refractivity contribution < 1.29 is 9.59 Å². The summed E-state index contributed by atoms with van der Waals surface area (Å²) in [5.41, 5.74) is 2.99. The molecule has 0 aliphatic heterocycles. The summed E-state index contributed by atoms with van der Waals surface area (Å²) in [4.78, 5) is 26.7. The number of thiocarbonyl (C=S) groups is 1. The number of pyridine rings is 1. The van der Waals surface area contributed by atoms with Crippen LogP contribution >= 0.6 is 24.0 Å². The molecular formula is C11H14N4O2S2. The second kappa shape index (κ2) is 7.05. The van der Waals surface area contributed by atoms with Crippen molar-refractivity contribution in [2.24, 2.45) is 0 Å². The summed E-state index contributed by atoms with van der Waals surface area (Å²) in [5.74, 6) is -0.132. The molecule has 0 aromatic carbocycles. The zero-order valence-corrected chi connectivity index (χ0v) is 12.4. The summed E-state index contributed by atoms with van der Waals surface area (Å²) < 4.78 is 0.552. The number of hydrogen-bond donors (Lipinski definition) is 2. The van der Waals surface area contributed by atoms with Crippen molar-refractivity contribution in [1.82, 2.24) is 15.4 Å². The van der Waals surface area contributed by atoms with Gasteiger partial charge in [-0.2, -0.15) is 0 Å². The molecular weight excluding hydrogens is 284 g/mol. The zero-order chi connectivity index (χ0) is 14.4. The molecule has 2 N–H and O–H groups in total. The number of aromatic nitrogens is 1. The monoisotopic (exact) mass is 298 g/mol. The topological polar surface area (TPSA) is 74.3 Å². The molecule has 1 rings (SSSR count). The average molecular weight is 298 g/mol. The van der Waals surface area contributed by atoms with Gasteiger partial charge in [0.15, 0.2) is 4.32 Å². The summed E-state index contributed by atoms with van der Waals surface area (Å²) in [5, 5.41) is 3.99. The molecule has 0 saturated heterocycles. The molecule has 6 nitrogen and oxygen atoms in total. The lowest BCUT2D eigenvalue weighted by molar-refractivity contribution is -0.114. The molecule has 0 spiro atoms. The number of hydrazine groups is 1. The standard InChI is InChI=1S/C11H14N4O2S2/c1-7(16)13-9-5-4-8(6-12-9)10(17)14-15(2)11(18)19-3/h4-6H,1-3H3,(H,14,17)(H,12,13,16). The largest absolute Gasteiger partial charge is 0.311 e. The first-order valence-electron chi connectivity index (χ1n) is 5.30. The molecule has 0 saturated carbocycles. The van der Waals surface area contributed by atoms with E-state index in [0.29, 0.717) is 15.7 Å². The number of nitrogens with zero attached hydrogens (tertiary/aromatic N) is 2. The van der Waals surface area contributed by atoms with Crippen LogP contribution in [-0.2, 0) is 4.79 Å². The summed E-state index contributed by atoms with van der Waals surface area (Å²) in [6, 6.07) is 3.13.